The number of benzene rings is 1. The minimum Gasteiger partial charge on any atom is -0.493 e. The summed E-state index contributed by atoms with van der Waals surface area (Å²) in [6.07, 6.45) is 2.71. The number of hydrogen-bond donors (Lipinski definition) is 2. The van der Waals surface area contributed by atoms with Gasteiger partial charge in [0.1, 0.15) is 5.56 Å². The monoisotopic (exact) mass is 556 g/mol. The van der Waals surface area contributed by atoms with Crippen molar-refractivity contribution in [3.63, 3.8) is 0 Å². The predicted molar refractivity (Wildman–Crippen MR) is 114 cm³/mol. The zero-order chi connectivity index (χ0) is 19.7. The Hall–Kier alpha value is -2.04. The number of pyridine rings is 1. The third-order valence-corrected chi connectivity index (χ3v) is 5.53. The number of aliphatic imine (C=N–C) groups is 1. The maximum atomic E-state index is 12.2. The van der Waals surface area contributed by atoms with Gasteiger partial charge in [-0.2, -0.15) is 0 Å². The maximum absolute atomic E-state index is 12.2. The van der Waals surface area contributed by atoms with Gasteiger partial charge in [-0.05, 0) is 68.6 Å². The molecule has 3 aromatic rings. The van der Waals surface area contributed by atoms with Gasteiger partial charge in [-0.15, -0.1) is 0 Å². The molecule has 3 rings (SSSR count). The van der Waals surface area contributed by atoms with Crippen molar-refractivity contribution < 1.29 is 5.11 Å². The van der Waals surface area contributed by atoms with Crippen molar-refractivity contribution >= 4 is 59.8 Å². The molecule has 2 heterocycles. The van der Waals surface area contributed by atoms with E-state index in [1.165, 1.54) is 0 Å². The van der Waals surface area contributed by atoms with Crippen LogP contribution in [0.25, 0.3) is 5.69 Å². The summed E-state index contributed by atoms with van der Waals surface area (Å²) in [5, 5.41) is 10.6. The number of aromatic hydroxyl groups is 1. The molecule has 2 N–H and O–H groups in total. The summed E-state index contributed by atoms with van der Waals surface area (Å²) in [4.78, 5) is 34.8. The van der Waals surface area contributed by atoms with E-state index in [9.17, 15) is 14.7 Å². The van der Waals surface area contributed by atoms with Crippen LogP contribution in [0.15, 0.2) is 58.5 Å². The summed E-state index contributed by atoms with van der Waals surface area (Å²) in [6, 6.07) is 6.84. The van der Waals surface area contributed by atoms with E-state index in [0.717, 1.165) is 25.3 Å². The molecule has 7 nitrogen and oxygen atoms in total. The Morgan fingerprint density at radius 2 is 1.93 bits per heavy atom. The van der Waals surface area contributed by atoms with Crippen LogP contribution >= 0.6 is 47.8 Å². The number of nitrogens with zero attached hydrogens (tertiary/aromatic N) is 3. The molecule has 0 amide bonds. The van der Waals surface area contributed by atoms with Crippen molar-refractivity contribution in [2.24, 2.45) is 4.99 Å². The molecule has 27 heavy (non-hydrogen) atoms. The van der Waals surface area contributed by atoms with Crippen LogP contribution in [0.4, 0.5) is 5.82 Å². The van der Waals surface area contributed by atoms with E-state index in [-0.39, 0.29) is 5.56 Å². The topological polar surface area (TPSA) is 100 Å². The summed E-state index contributed by atoms with van der Waals surface area (Å²) in [5.41, 5.74) is -0.388. The number of halogens is 3. The average Bonchev–Trinajstić information content (AvgIpc) is 2.59. The molecule has 0 aliphatic heterocycles. The van der Waals surface area contributed by atoms with E-state index in [2.05, 4.69) is 62.8 Å². The van der Waals surface area contributed by atoms with Gasteiger partial charge >= 0.3 is 5.69 Å². The zero-order valence-corrected chi connectivity index (χ0v) is 18.5. The van der Waals surface area contributed by atoms with Gasteiger partial charge in [-0.3, -0.25) is 9.78 Å². The highest BCUT2D eigenvalue weighted by atomic mass is 79.9. The van der Waals surface area contributed by atoms with Gasteiger partial charge in [0, 0.05) is 21.4 Å². The first-order valence-corrected chi connectivity index (χ1v) is 9.85. The SMILES string of the molecule is Cc1cc(-n2c(O)c(C=Nc3ncc(Br)cc3Br)c(=O)[nH]c2=O)ccc1Br. The lowest BCUT2D eigenvalue weighted by Gasteiger charge is -2.11. The molecule has 138 valence electrons. The number of aromatic amines is 1. The van der Waals surface area contributed by atoms with Gasteiger partial charge in [-0.1, -0.05) is 15.9 Å². The fourth-order valence-corrected chi connectivity index (χ4v) is 3.63. The normalized spacial score (nSPS) is 11.3. The molecule has 0 saturated carbocycles. The summed E-state index contributed by atoms with van der Waals surface area (Å²) in [6.45, 7) is 1.85. The summed E-state index contributed by atoms with van der Waals surface area (Å²) < 4.78 is 3.22. The minimum atomic E-state index is -0.751. The van der Waals surface area contributed by atoms with Gasteiger partial charge < -0.3 is 5.11 Å². The number of hydrogen-bond acceptors (Lipinski definition) is 5. The summed E-state index contributed by atoms with van der Waals surface area (Å²) in [5.74, 6) is -0.198. The Bertz CT molecular complexity index is 1190. The number of H-pyrrole nitrogens is 1. The van der Waals surface area contributed by atoms with Crippen LogP contribution in [0, 0.1) is 6.92 Å². The molecular formula is C17H11Br3N4O3. The first-order valence-electron chi connectivity index (χ1n) is 7.48. The second-order valence-corrected chi connectivity index (χ2v) is 8.11. The van der Waals surface area contributed by atoms with E-state index >= 15 is 0 Å². The zero-order valence-electron chi connectivity index (χ0n) is 13.7. The first kappa shape index (κ1) is 19.7. The standard InChI is InChI=1S/C17H11Br3N4O3/c1-8-4-10(2-3-12(8)19)24-16(26)11(15(25)23-17(24)27)7-22-14-13(20)5-9(18)6-21-14/h2-7,26H,1H3,(H,23,25,27). The van der Waals surface area contributed by atoms with Crippen LogP contribution in [0.3, 0.4) is 0 Å². The third kappa shape index (κ3) is 4.12. The Morgan fingerprint density at radius 3 is 2.59 bits per heavy atom. The van der Waals surface area contributed by atoms with Crippen LogP contribution in [-0.4, -0.2) is 25.9 Å². The van der Waals surface area contributed by atoms with Gasteiger partial charge in [0.2, 0.25) is 5.88 Å². The maximum Gasteiger partial charge on any atom is 0.335 e. The number of nitrogens with one attached hydrogen (secondary N) is 1. The fraction of sp³-hybridized carbons (Fsp3) is 0.0588. The fourth-order valence-electron chi connectivity index (χ4n) is 2.29. The second kappa shape index (κ2) is 7.91. The van der Waals surface area contributed by atoms with Crippen molar-refractivity contribution in [2.45, 2.75) is 6.92 Å². The van der Waals surface area contributed by atoms with Crippen molar-refractivity contribution in [3.05, 3.63) is 75.8 Å². The molecule has 0 unspecified atom stereocenters. The Kier molecular flexibility index (Phi) is 5.78. The second-order valence-electron chi connectivity index (χ2n) is 5.48. The molecule has 0 aliphatic rings. The number of aromatic nitrogens is 3. The van der Waals surface area contributed by atoms with Gasteiger partial charge in [0.05, 0.1) is 10.2 Å². The van der Waals surface area contributed by atoms with Crippen LogP contribution in [-0.2, 0) is 0 Å². The van der Waals surface area contributed by atoms with E-state index in [0.29, 0.717) is 16.0 Å². The largest absolute Gasteiger partial charge is 0.493 e. The molecular weight excluding hydrogens is 548 g/mol. The molecule has 10 heteroatoms. The molecule has 2 aromatic heterocycles. The molecule has 0 radical (unpaired) electrons. The van der Waals surface area contributed by atoms with Crippen LogP contribution < -0.4 is 11.2 Å². The molecule has 0 fully saturated rings. The first-order chi connectivity index (χ1) is 12.8. The number of rotatable bonds is 3. The highest BCUT2D eigenvalue weighted by Crippen LogP contribution is 2.26. The molecule has 0 spiro atoms. The minimum absolute atomic E-state index is 0.160. The average molecular weight is 559 g/mol. The molecule has 0 bridgehead atoms. The highest BCUT2D eigenvalue weighted by Gasteiger charge is 2.15. The highest BCUT2D eigenvalue weighted by molar-refractivity contribution is 9.11. The van der Waals surface area contributed by atoms with E-state index in [4.69, 9.17) is 0 Å². The van der Waals surface area contributed by atoms with E-state index < -0.39 is 17.1 Å². The lowest BCUT2D eigenvalue weighted by molar-refractivity contribution is 0.430. The van der Waals surface area contributed by atoms with Crippen molar-refractivity contribution in [3.8, 4) is 11.6 Å². The van der Waals surface area contributed by atoms with Gasteiger partial charge in [0.25, 0.3) is 5.56 Å². The van der Waals surface area contributed by atoms with Gasteiger partial charge in [-0.25, -0.2) is 19.3 Å². The van der Waals surface area contributed by atoms with Crippen molar-refractivity contribution in [2.75, 3.05) is 0 Å². The summed E-state index contributed by atoms with van der Waals surface area (Å²) >= 11 is 9.99. The van der Waals surface area contributed by atoms with Crippen molar-refractivity contribution in [1.82, 2.24) is 14.5 Å². The molecule has 0 aliphatic carbocycles. The van der Waals surface area contributed by atoms with Crippen LogP contribution in [0.5, 0.6) is 5.88 Å². The van der Waals surface area contributed by atoms with Crippen LogP contribution in [0.2, 0.25) is 0 Å². The lowest BCUT2D eigenvalue weighted by atomic mass is 10.2. The number of aryl methyl sites for hydroxylation is 1. The van der Waals surface area contributed by atoms with Crippen molar-refractivity contribution in [1.29, 1.82) is 0 Å². The van der Waals surface area contributed by atoms with Crippen LogP contribution in [0.1, 0.15) is 11.1 Å². The smallest absolute Gasteiger partial charge is 0.335 e. The van der Waals surface area contributed by atoms with E-state index in [1.54, 1.807) is 30.5 Å². The Labute approximate surface area is 178 Å². The lowest BCUT2D eigenvalue weighted by Crippen LogP contribution is -2.31. The van der Waals surface area contributed by atoms with Gasteiger partial charge in [0.15, 0.2) is 5.82 Å². The molecule has 0 saturated heterocycles. The van der Waals surface area contributed by atoms with E-state index in [1.807, 2.05) is 6.92 Å². The third-order valence-electron chi connectivity index (χ3n) is 3.62. The Morgan fingerprint density at radius 1 is 1.19 bits per heavy atom. The predicted octanol–water partition coefficient (Wildman–Crippen LogP) is 3.97. The molecule has 0 atom stereocenters. The Balaban J connectivity index is 2.14. The summed E-state index contributed by atoms with van der Waals surface area (Å²) in [7, 11) is 0. The molecule has 1 aromatic carbocycles. The quantitative estimate of drug-likeness (QED) is 0.475.